The van der Waals surface area contributed by atoms with Crippen LogP contribution in [-0.4, -0.2) is 17.6 Å². The lowest BCUT2D eigenvalue weighted by molar-refractivity contribution is -0.125. The lowest BCUT2D eigenvalue weighted by Gasteiger charge is -2.17. The molecule has 1 aromatic rings. The molecule has 0 heterocycles. The van der Waals surface area contributed by atoms with Crippen molar-refractivity contribution in [3.63, 3.8) is 0 Å². The zero-order chi connectivity index (χ0) is 15.1. The summed E-state index contributed by atoms with van der Waals surface area (Å²) in [7, 11) is 0. The number of aliphatic hydroxyl groups is 1. The van der Waals surface area contributed by atoms with E-state index >= 15 is 0 Å². The second kappa shape index (κ2) is 7.85. The molecule has 112 valence electrons. The highest BCUT2D eigenvalue weighted by atomic mass is 16.2. The molecular weight excluding hydrogens is 262 g/mol. The van der Waals surface area contributed by atoms with Gasteiger partial charge in [-0.15, -0.1) is 0 Å². The van der Waals surface area contributed by atoms with Crippen LogP contribution < -0.4 is 5.32 Å². The molecule has 0 bridgehead atoms. The Morgan fingerprint density at radius 3 is 2.62 bits per heavy atom. The third-order valence-corrected chi connectivity index (χ3v) is 3.96. The van der Waals surface area contributed by atoms with Crippen molar-refractivity contribution in [1.82, 2.24) is 5.32 Å². The molecule has 1 saturated carbocycles. The van der Waals surface area contributed by atoms with Crippen LogP contribution in [0.2, 0.25) is 0 Å². The van der Waals surface area contributed by atoms with Crippen molar-refractivity contribution < 1.29 is 9.90 Å². The number of nitrogens with one attached hydrogen (secondary N) is 1. The second-order valence-electron chi connectivity index (χ2n) is 5.61. The minimum Gasteiger partial charge on any atom is -0.395 e. The van der Waals surface area contributed by atoms with Crippen molar-refractivity contribution >= 4 is 5.91 Å². The van der Waals surface area contributed by atoms with Crippen LogP contribution in [0.5, 0.6) is 0 Å². The van der Waals surface area contributed by atoms with Gasteiger partial charge in [-0.05, 0) is 37.5 Å². The molecular formula is C18H23NO2. The Kier molecular flexibility index (Phi) is 5.83. The maximum Gasteiger partial charge on any atom is 0.223 e. The molecule has 0 radical (unpaired) electrons. The van der Waals surface area contributed by atoms with E-state index in [9.17, 15) is 4.79 Å². The molecule has 3 nitrogen and oxygen atoms in total. The van der Waals surface area contributed by atoms with Gasteiger partial charge < -0.3 is 10.4 Å². The van der Waals surface area contributed by atoms with Crippen LogP contribution in [-0.2, 0) is 4.79 Å². The van der Waals surface area contributed by atoms with Gasteiger partial charge in [0.25, 0.3) is 0 Å². The van der Waals surface area contributed by atoms with Crippen molar-refractivity contribution in [3.05, 3.63) is 35.4 Å². The molecule has 1 aromatic carbocycles. The number of hydrogen-bond acceptors (Lipinski definition) is 2. The van der Waals surface area contributed by atoms with Gasteiger partial charge in [0.15, 0.2) is 0 Å². The summed E-state index contributed by atoms with van der Waals surface area (Å²) < 4.78 is 0. The molecule has 0 aliphatic heterocycles. The molecule has 1 atom stereocenters. The maximum absolute atomic E-state index is 12.1. The molecule has 0 saturated heterocycles. The fraction of sp³-hybridized carbons (Fsp3) is 0.500. The van der Waals surface area contributed by atoms with E-state index < -0.39 is 0 Å². The first-order valence-electron chi connectivity index (χ1n) is 7.71. The largest absolute Gasteiger partial charge is 0.395 e. The van der Waals surface area contributed by atoms with Gasteiger partial charge in [-0.1, -0.05) is 36.8 Å². The van der Waals surface area contributed by atoms with E-state index in [0.29, 0.717) is 6.42 Å². The van der Waals surface area contributed by atoms with Crippen LogP contribution in [0.3, 0.4) is 0 Å². The zero-order valence-corrected chi connectivity index (χ0v) is 12.6. The number of aliphatic hydroxyl groups excluding tert-OH is 1. The fourth-order valence-electron chi connectivity index (χ4n) is 2.68. The second-order valence-corrected chi connectivity index (χ2v) is 5.61. The molecule has 1 aliphatic rings. The lowest BCUT2D eigenvalue weighted by atomic mass is 10.0. The Morgan fingerprint density at radius 1 is 1.33 bits per heavy atom. The Morgan fingerprint density at radius 2 is 2.00 bits per heavy atom. The highest BCUT2D eigenvalue weighted by Gasteiger charge is 2.23. The first kappa shape index (κ1) is 15.6. The number of carbonyl (C=O) groups excluding carboxylic acids is 1. The number of hydrogen-bond donors (Lipinski definition) is 2. The van der Waals surface area contributed by atoms with E-state index in [2.05, 4.69) is 17.2 Å². The maximum atomic E-state index is 12.1. The molecule has 1 fully saturated rings. The van der Waals surface area contributed by atoms with Gasteiger partial charge in [0.1, 0.15) is 0 Å². The average molecular weight is 285 g/mol. The van der Waals surface area contributed by atoms with Gasteiger partial charge >= 0.3 is 0 Å². The summed E-state index contributed by atoms with van der Waals surface area (Å²) in [6.07, 6.45) is 4.90. The van der Waals surface area contributed by atoms with E-state index in [1.54, 1.807) is 0 Å². The number of rotatable bonds is 4. The van der Waals surface area contributed by atoms with Crippen molar-refractivity contribution in [3.8, 4) is 11.8 Å². The Balaban J connectivity index is 1.91. The molecule has 0 spiro atoms. The summed E-state index contributed by atoms with van der Waals surface area (Å²) in [5.74, 6) is 6.29. The lowest BCUT2D eigenvalue weighted by Crippen LogP contribution is -2.31. The van der Waals surface area contributed by atoms with E-state index in [4.69, 9.17) is 5.11 Å². The monoisotopic (exact) mass is 285 g/mol. The Hall–Kier alpha value is -1.79. The van der Waals surface area contributed by atoms with Crippen LogP contribution >= 0.6 is 0 Å². The van der Waals surface area contributed by atoms with Crippen LogP contribution in [0.25, 0.3) is 0 Å². The first-order valence-corrected chi connectivity index (χ1v) is 7.71. The predicted octanol–water partition coefficient (Wildman–Crippen LogP) is 2.79. The summed E-state index contributed by atoms with van der Waals surface area (Å²) in [6, 6.07) is 7.94. The quantitative estimate of drug-likeness (QED) is 0.836. The molecule has 1 aliphatic carbocycles. The smallest absolute Gasteiger partial charge is 0.223 e. The molecule has 21 heavy (non-hydrogen) atoms. The fourth-order valence-corrected chi connectivity index (χ4v) is 2.68. The van der Waals surface area contributed by atoms with E-state index in [-0.39, 0.29) is 24.5 Å². The minimum absolute atomic E-state index is 0.0255. The zero-order valence-electron chi connectivity index (χ0n) is 12.6. The first-order chi connectivity index (χ1) is 10.2. The number of benzene rings is 1. The van der Waals surface area contributed by atoms with Gasteiger partial charge in [0.05, 0.1) is 12.6 Å². The normalized spacial score (nSPS) is 16.1. The number of carbonyl (C=O) groups is 1. The SMILES string of the molecule is CC(NC(=O)C1CCCC1)c1ccc(C#CCCO)cc1. The van der Waals surface area contributed by atoms with Crippen LogP contribution in [0, 0.1) is 17.8 Å². The van der Waals surface area contributed by atoms with Gasteiger partial charge in [0.2, 0.25) is 5.91 Å². The van der Waals surface area contributed by atoms with Gasteiger partial charge in [0, 0.05) is 17.9 Å². The molecule has 0 aromatic heterocycles. The van der Waals surface area contributed by atoms with Gasteiger partial charge in [-0.3, -0.25) is 4.79 Å². The number of amides is 1. The summed E-state index contributed by atoms with van der Waals surface area (Å²) >= 11 is 0. The minimum atomic E-state index is 0.0255. The third kappa shape index (κ3) is 4.61. The van der Waals surface area contributed by atoms with E-state index in [1.807, 2.05) is 31.2 Å². The van der Waals surface area contributed by atoms with Crippen molar-refractivity contribution in [2.45, 2.75) is 45.1 Å². The molecule has 1 amide bonds. The summed E-state index contributed by atoms with van der Waals surface area (Å²) in [5, 5.41) is 11.8. The summed E-state index contributed by atoms with van der Waals surface area (Å²) in [5.41, 5.74) is 2.02. The van der Waals surface area contributed by atoms with E-state index in [1.165, 1.54) is 12.8 Å². The summed E-state index contributed by atoms with van der Waals surface area (Å²) in [6.45, 7) is 2.11. The standard InChI is InChI=1S/C18H23NO2/c1-14(19-18(21)17-7-2-3-8-17)16-11-9-15(10-12-16)6-4-5-13-20/h9-12,14,17,20H,2-3,5,7-8,13H2,1H3,(H,19,21). The van der Waals surface area contributed by atoms with Crippen LogP contribution in [0.4, 0.5) is 0 Å². The van der Waals surface area contributed by atoms with E-state index in [0.717, 1.165) is 24.0 Å². The topological polar surface area (TPSA) is 49.3 Å². The highest BCUT2D eigenvalue weighted by molar-refractivity contribution is 5.79. The molecule has 3 heteroatoms. The Labute approximate surface area is 126 Å². The van der Waals surface area contributed by atoms with Crippen LogP contribution in [0.15, 0.2) is 24.3 Å². The average Bonchev–Trinajstić information content (AvgIpc) is 3.02. The summed E-state index contributed by atoms with van der Waals surface area (Å²) in [4.78, 5) is 12.1. The molecule has 2 rings (SSSR count). The predicted molar refractivity (Wildman–Crippen MR) is 83.5 cm³/mol. The van der Waals surface area contributed by atoms with Crippen LogP contribution in [0.1, 0.15) is 56.2 Å². The van der Waals surface area contributed by atoms with Crippen molar-refractivity contribution in [1.29, 1.82) is 0 Å². The van der Waals surface area contributed by atoms with Gasteiger partial charge in [-0.25, -0.2) is 0 Å². The Bertz CT molecular complexity index is 518. The molecule has 2 N–H and O–H groups in total. The van der Waals surface area contributed by atoms with Gasteiger partial charge in [-0.2, -0.15) is 0 Å². The van der Waals surface area contributed by atoms with Crippen molar-refractivity contribution in [2.75, 3.05) is 6.61 Å². The third-order valence-electron chi connectivity index (χ3n) is 3.96. The molecule has 1 unspecified atom stereocenters. The highest BCUT2D eigenvalue weighted by Crippen LogP contribution is 2.25. The van der Waals surface area contributed by atoms with Crippen molar-refractivity contribution in [2.24, 2.45) is 5.92 Å².